The van der Waals surface area contributed by atoms with E-state index in [9.17, 15) is 9.18 Å². The van der Waals surface area contributed by atoms with E-state index in [-0.39, 0.29) is 12.4 Å². The van der Waals surface area contributed by atoms with Crippen molar-refractivity contribution in [1.29, 1.82) is 0 Å². The van der Waals surface area contributed by atoms with Crippen LogP contribution < -0.4 is 16.4 Å². The average Bonchev–Trinajstić information content (AvgIpc) is 2.28. The summed E-state index contributed by atoms with van der Waals surface area (Å²) in [5.41, 5.74) is 4.43. The first-order valence-electron chi connectivity index (χ1n) is 5.11. The van der Waals surface area contributed by atoms with Gasteiger partial charge in [0.2, 0.25) is 11.9 Å². The Morgan fingerprint density at radius 2 is 2.24 bits per heavy atom. The minimum absolute atomic E-state index is 0.0404. The number of hydrogen-bond acceptors (Lipinski definition) is 5. The number of nitrogens with zero attached hydrogens (tertiary/aromatic N) is 2. The zero-order valence-electron chi connectivity index (χ0n) is 10.0. The highest BCUT2D eigenvalue weighted by Gasteiger charge is 2.25. The van der Waals surface area contributed by atoms with Gasteiger partial charge in [0.15, 0.2) is 11.6 Å². The lowest BCUT2D eigenvalue weighted by Crippen LogP contribution is -2.37. The molecule has 17 heavy (non-hydrogen) atoms. The van der Waals surface area contributed by atoms with Gasteiger partial charge in [0.1, 0.15) is 0 Å². The molecule has 1 aromatic rings. The molecule has 0 radical (unpaired) electrons. The Hall–Kier alpha value is -1.92. The van der Waals surface area contributed by atoms with Gasteiger partial charge in [-0.25, -0.2) is 9.37 Å². The molecular weight excluding hydrogens is 225 g/mol. The molecule has 0 saturated carbocycles. The molecule has 6 nitrogen and oxygen atoms in total. The highest BCUT2D eigenvalue weighted by Crippen LogP contribution is 2.17. The number of carbonyl (C=O) groups excluding carboxylic acids is 1. The van der Waals surface area contributed by atoms with Crippen LogP contribution in [0.1, 0.15) is 13.8 Å². The van der Waals surface area contributed by atoms with Crippen molar-refractivity contribution in [1.82, 2.24) is 9.97 Å². The highest BCUT2D eigenvalue weighted by atomic mass is 19.1. The number of primary amides is 1. The standard InChI is InChI=1S/C10H16FN5O/c1-10(2,8(12)17)5-15-7-6(11)4-14-9(13-3)16-7/h4H,5H2,1-3H3,(H2,12,17)(H2,13,14,15,16). The van der Waals surface area contributed by atoms with E-state index in [2.05, 4.69) is 20.6 Å². The molecule has 0 spiro atoms. The van der Waals surface area contributed by atoms with Crippen LogP contribution in [0.25, 0.3) is 0 Å². The summed E-state index contributed by atoms with van der Waals surface area (Å²) in [6, 6.07) is 0. The lowest BCUT2D eigenvalue weighted by atomic mass is 9.93. The molecule has 1 rings (SSSR count). The van der Waals surface area contributed by atoms with E-state index in [0.717, 1.165) is 6.20 Å². The van der Waals surface area contributed by atoms with Crippen LogP contribution in [0.5, 0.6) is 0 Å². The van der Waals surface area contributed by atoms with Gasteiger partial charge in [0.25, 0.3) is 0 Å². The van der Waals surface area contributed by atoms with Crippen molar-refractivity contribution in [3.63, 3.8) is 0 Å². The maximum Gasteiger partial charge on any atom is 0.224 e. The van der Waals surface area contributed by atoms with Gasteiger partial charge < -0.3 is 16.4 Å². The van der Waals surface area contributed by atoms with Gasteiger partial charge >= 0.3 is 0 Å². The first-order valence-corrected chi connectivity index (χ1v) is 5.11. The van der Waals surface area contributed by atoms with Crippen molar-refractivity contribution >= 4 is 17.7 Å². The Kier molecular flexibility index (Phi) is 3.82. The second-order valence-electron chi connectivity index (χ2n) is 4.24. The minimum atomic E-state index is -0.781. The van der Waals surface area contributed by atoms with Gasteiger partial charge in [-0.15, -0.1) is 0 Å². The molecule has 4 N–H and O–H groups in total. The molecule has 0 aromatic carbocycles. The topological polar surface area (TPSA) is 92.9 Å². The summed E-state index contributed by atoms with van der Waals surface area (Å²) < 4.78 is 13.4. The van der Waals surface area contributed by atoms with E-state index in [0.29, 0.717) is 5.95 Å². The largest absolute Gasteiger partial charge is 0.369 e. The van der Waals surface area contributed by atoms with Crippen molar-refractivity contribution in [2.24, 2.45) is 11.1 Å². The molecule has 0 fully saturated rings. The predicted molar refractivity (Wildman–Crippen MR) is 63.0 cm³/mol. The number of aromatic nitrogens is 2. The zero-order valence-corrected chi connectivity index (χ0v) is 10.0. The fraction of sp³-hybridized carbons (Fsp3) is 0.500. The Balaban J connectivity index is 2.78. The van der Waals surface area contributed by atoms with Crippen LogP contribution in [0.3, 0.4) is 0 Å². The van der Waals surface area contributed by atoms with E-state index in [4.69, 9.17) is 5.73 Å². The van der Waals surface area contributed by atoms with E-state index in [1.54, 1.807) is 20.9 Å². The van der Waals surface area contributed by atoms with Crippen LogP contribution in [-0.4, -0.2) is 29.5 Å². The number of nitrogens with two attached hydrogens (primary N) is 1. The third-order valence-electron chi connectivity index (χ3n) is 2.33. The fourth-order valence-electron chi connectivity index (χ4n) is 1.00. The zero-order chi connectivity index (χ0) is 13.1. The molecule has 0 atom stereocenters. The predicted octanol–water partition coefficient (Wildman–Crippen LogP) is 0.581. The number of rotatable bonds is 5. The molecular formula is C10H16FN5O. The van der Waals surface area contributed by atoms with Crippen LogP contribution in [-0.2, 0) is 4.79 Å². The van der Waals surface area contributed by atoms with Gasteiger partial charge in [-0.2, -0.15) is 4.98 Å². The summed E-state index contributed by atoms with van der Waals surface area (Å²) in [5, 5.41) is 5.44. The number of nitrogens with one attached hydrogen (secondary N) is 2. The lowest BCUT2D eigenvalue weighted by Gasteiger charge is -2.21. The summed E-state index contributed by atoms with van der Waals surface area (Å²) >= 11 is 0. The lowest BCUT2D eigenvalue weighted by molar-refractivity contribution is -0.125. The monoisotopic (exact) mass is 241 g/mol. The van der Waals surface area contributed by atoms with Crippen molar-refractivity contribution < 1.29 is 9.18 Å². The summed E-state index contributed by atoms with van der Waals surface area (Å²) in [7, 11) is 1.63. The van der Waals surface area contributed by atoms with Gasteiger partial charge in [-0.3, -0.25) is 4.79 Å². The van der Waals surface area contributed by atoms with Gasteiger partial charge in [-0.05, 0) is 13.8 Å². The Labute approximate surface area is 98.8 Å². The molecule has 94 valence electrons. The first kappa shape index (κ1) is 13.1. The summed E-state index contributed by atoms with van der Waals surface area (Å²) in [5.74, 6) is -0.706. The van der Waals surface area contributed by atoms with E-state index in [1.165, 1.54) is 0 Å². The van der Waals surface area contributed by atoms with Crippen molar-refractivity contribution in [2.45, 2.75) is 13.8 Å². The number of halogens is 1. The quantitative estimate of drug-likeness (QED) is 0.701. The first-order chi connectivity index (χ1) is 7.86. The van der Waals surface area contributed by atoms with Gasteiger partial charge in [0.05, 0.1) is 11.6 Å². The summed E-state index contributed by atoms with van der Waals surface area (Å²) in [4.78, 5) is 18.7. The number of carbonyl (C=O) groups is 1. The second-order valence-corrected chi connectivity index (χ2v) is 4.24. The molecule has 0 bridgehead atoms. The third-order valence-corrected chi connectivity index (χ3v) is 2.33. The van der Waals surface area contributed by atoms with Crippen LogP contribution in [0.2, 0.25) is 0 Å². The van der Waals surface area contributed by atoms with Gasteiger partial charge in [0, 0.05) is 13.6 Å². The van der Waals surface area contributed by atoms with Crippen molar-refractivity contribution in [3.05, 3.63) is 12.0 Å². The van der Waals surface area contributed by atoms with Crippen LogP contribution in [0.4, 0.5) is 16.2 Å². The minimum Gasteiger partial charge on any atom is -0.369 e. The molecule has 0 aliphatic heterocycles. The third kappa shape index (κ3) is 3.27. The molecule has 1 amide bonds. The Morgan fingerprint density at radius 1 is 1.59 bits per heavy atom. The molecule has 1 aromatic heterocycles. The number of amides is 1. The van der Waals surface area contributed by atoms with Crippen LogP contribution >= 0.6 is 0 Å². The normalized spacial score (nSPS) is 11.1. The van der Waals surface area contributed by atoms with Gasteiger partial charge in [-0.1, -0.05) is 0 Å². The van der Waals surface area contributed by atoms with Crippen LogP contribution in [0.15, 0.2) is 6.20 Å². The average molecular weight is 241 g/mol. The maximum absolute atomic E-state index is 13.4. The molecule has 1 heterocycles. The molecule has 0 saturated heterocycles. The SMILES string of the molecule is CNc1ncc(F)c(NCC(C)(C)C(N)=O)n1. The Bertz CT molecular complexity index is 421. The highest BCUT2D eigenvalue weighted by molar-refractivity contribution is 5.80. The molecule has 0 unspecified atom stereocenters. The summed E-state index contributed by atoms with van der Waals surface area (Å²) in [6.07, 6.45) is 1.05. The van der Waals surface area contributed by atoms with Crippen molar-refractivity contribution in [2.75, 3.05) is 24.2 Å². The van der Waals surface area contributed by atoms with E-state index in [1.807, 2.05) is 0 Å². The summed E-state index contributed by atoms with van der Waals surface area (Å²) in [6.45, 7) is 3.53. The maximum atomic E-state index is 13.4. The molecule has 7 heteroatoms. The second kappa shape index (κ2) is 4.94. The smallest absolute Gasteiger partial charge is 0.224 e. The Morgan fingerprint density at radius 3 is 2.76 bits per heavy atom. The molecule has 0 aliphatic rings. The van der Waals surface area contributed by atoms with Crippen molar-refractivity contribution in [3.8, 4) is 0 Å². The number of anilines is 2. The van der Waals surface area contributed by atoms with E-state index < -0.39 is 17.1 Å². The molecule has 0 aliphatic carbocycles. The van der Waals surface area contributed by atoms with E-state index >= 15 is 0 Å². The van der Waals surface area contributed by atoms with Crippen LogP contribution in [0, 0.1) is 11.2 Å². The fourth-order valence-corrected chi connectivity index (χ4v) is 1.00. The number of hydrogen-bond donors (Lipinski definition) is 3.